The Hall–Kier alpha value is -3.00. The first-order valence-corrected chi connectivity index (χ1v) is 10.3. The summed E-state index contributed by atoms with van der Waals surface area (Å²) < 4.78 is 6.01. The van der Waals surface area contributed by atoms with Crippen LogP contribution >= 0.6 is 11.3 Å². The molecule has 29 heavy (non-hydrogen) atoms. The largest absolute Gasteiger partial charge is 0.465 e. The first-order chi connectivity index (χ1) is 14.0. The minimum absolute atomic E-state index is 0.123. The quantitative estimate of drug-likeness (QED) is 0.667. The van der Waals surface area contributed by atoms with Crippen molar-refractivity contribution in [3.8, 4) is 0 Å². The fourth-order valence-electron chi connectivity index (χ4n) is 3.64. The molecule has 7 nitrogen and oxygen atoms in total. The zero-order valence-corrected chi connectivity index (χ0v) is 17.0. The van der Waals surface area contributed by atoms with Gasteiger partial charge in [0.2, 0.25) is 5.91 Å². The highest BCUT2D eigenvalue weighted by atomic mass is 32.1. The summed E-state index contributed by atoms with van der Waals surface area (Å²) in [5.74, 6) is -0.159. The number of aromatic nitrogens is 2. The first kappa shape index (κ1) is 19.3. The Morgan fingerprint density at radius 1 is 1.31 bits per heavy atom. The van der Waals surface area contributed by atoms with Gasteiger partial charge in [-0.05, 0) is 55.0 Å². The maximum atomic E-state index is 13.0. The molecule has 0 spiro atoms. The molecule has 2 aromatic heterocycles. The predicted molar refractivity (Wildman–Crippen MR) is 111 cm³/mol. The number of ether oxygens (including phenoxy) is 1. The number of hydrogen-bond acceptors (Lipinski definition) is 6. The number of thiophene rings is 1. The standard InChI is InChI=1S/C21H21N3O4S/c1-12-3-8-15-16(9-12)29-19-18(15)20(26)24(11-22-19)10-17(25)23-14-6-4-13(5-7-14)21(27)28-2/h4-7,11-12H,3,8-10H2,1-2H3,(H,23,25). The molecular formula is C21H21N3O4S. The lowest BCUT2D eigenvalue weighted by atomic mass is 9.89. The lowest BCUT2D eigenvalue weighted by Gasteiger charge is -2.17. The number of aryl methyl sites for hydroxylation is 1. The maximum Gasteiger partial charge on any atom is 0.337 e. The van der Waals surface area contributed by atoms with E-state index in [-0.39, 0.29) is 18.0 Å². The van der Waals surface area contributed by atoms with Crippen molar-refractivity contribution in [1.82, 2.24) is 9.55 Å². The molecule has 150 valence electrons. The Balaban J connectivity index is 1.53. The van der Waals surface area contributed by atoms with E-state index in [0.717, 1.165) is 29.7 Å². The number of hydrogen-bond donors (Lipinski definition) is 1. The minimum atomic E-state index is -0.442. The molecule has 1 atom stereocenters. The molecule has 1 aromatic carbocycles. The van der Waals surface area contributed by atoms with Crippen LogP contribution in [0.4, 0.5) is 5.69 Å². The third-order valence-electron chi connectivity index (χ3n) is 5.19. The number of fused-ring (bicyclic) bond motifs is 3. The van der Waals surface area contributed by atoms with Crippen LogP contribution in [-0.2, 0) is 28.9 Å². The molecular weight excluding hydrogens is 390 g/mol. The van der Waals surface area contributed by atoms with E-state index in [0.29, 0.717) is 22.6 Å². The van der Waals surface area contributed by atoms with Gasteiger partial charge in [0, 0.05) is 10.6 Å². The molecule has 0 aliphatic heterocycles. The van der Waals surface area contributed by atoms with Crippen LogP contribution in [0.2, 0.25) is 0 Å². The maximum absolute atomic E-state index is 13.0. The fourth-order valence-corrected chi connectivity index (χ4v) is 4.98. The molecule has 1 N–H and O–H groups in total. The van der Waals surface area contributed by atoms with Crippen molar-refractivity contribution in [3.63, 3.8) is 0 Å². The molecule has 0 radical (unpaired) electrons. The van der Waals surface area contributed by atoms with Gasteiger partial charge in [-0.2, -0.15) is 0 Å². The third-order valence-corrected chi connectivity index (χ3v) is 6.35. The van der Waals surface area contributed by atoms with E-state index in [4.69, 9.17) is 0 Å². The van der Waals surface area contributed by atoms with E-state index in [1.165, 1.54) is 22.9 Å². The number of carbonyl (C=O) groups is 2. The molecule has 1 aliphatic carbocycles. The summed E-state index contributed by atoms with van der Waals surface area (Å²) in [6.07, 6.45) is 4.37. The van der Waals surface area contributed by atoms with Crippen LogP contribution in [-0.4, -0.2) is 28.5 Å². The van der Waals surface area contributed by atoms with Crippen LogP contribution in [0.3, 0.4) is 0 Å². The Labute approximate surface area is 171 Å². The molecule has 0 saturated heterocycles. The topological polar surface area (TPSA) is 90.3 Å². The minimum Gasteiger partial charge on any atom is -0.465 e. The number of rotatable bonds is 4. The molecule has 3 aromatic rings. The van der Waals surface area contributed by atoms with Gasteiger partial charge in [0.05, 0.1) is 24.4 Å². The van der Waals surface area contributed by atoms with Crippen LogP contribution in [0.25, 0.3) is 10.2 Å². The van der Waals surface area contributed by atoms with E-state index >= 15 is 0 Å². The summed E-state index contributed by atoms with van der Waals surface area (Å²) in [6.45, 7) is 2.10. The Kier molecular flexibility index (Phi) is 5.19. The highest BCUT2D eigenvalue weighted by Gasteiger charge is 2.23. The van der Waals surface area contributed by atoms with Gasteiger partial charge in [-0.1, -0.05) is 6.92 Å². The molecule has 0 saturated carbocycles. The molecule has 1 amide bonds. The second-order valence-corrected chi connectivity index (χ2v) is 8.41. The van der Waals surface area contributed by atoms with Crippen LogP contribution in [0, 0.1) is 5.92 Å². The van der Waals surface area contributed by atoms with Gasteiger partial charge in [0.1, 0.15) is 11.4 Å². The van der Waals surface area contributed by atoms with Gasteiger partial charge in [-0.3, -0.25) is 14.2 Å². The molecule has 4 rings (SSSR count). The smallest absolute Gasteiger partial charge is 0.337 e. The second kappa shape index (κ2) is 7.79. The summed E-state index contributed by atoms with van der Waals surface area (Å²) in [5.41, 5.74) is 1.87. The van der Waals surface area contributed by atoms with E-state index in [9.17, 15) is 14.4 Å². The number of nitrogens with zero attached hydrogens (tertiary/aromatic N) is 2. The van der Waals surface area contributed by atoms with Crippen molar-refractivity contribution in [2.75, 3.05) is 12.4 Å². The number of benzene rings is 1. The number of carbonyl (C=O) groups excluding carboxylic acids is 2. The highest BCUT2D eigenvalue weighted by molar-refractivity contribution is 7.18. The van der Waals surface area contributed by atoms with Gasteiger partial charge in [0.25, 0.3) is 5.56 Å². The highest BCUT2D eigenvalue weighted by Crippen LogP contribution is 2.35. The van der Waals surface area contributed by atoms with E-state index in [1.807, 2.05) is 0 Å². The zero-order valence-electron chi connectivity index (χ0n) is 16.2. The number of esters is 1. The Morgan fingerprint density at radius 3 is 2.79 bits per heavy atom. The molecule has 1 unspecified atom stereocenters. The molecule has 1 aliphatic rings. The number of anilines is 1. The summed E-state index contributed by atoms with van der Waals surface area (Å²) in [5, 5.41) is 3.40. The zero-order chi connectivity index (χ0) is 20.5. The summed E-state index contributed by atoms with van der Waals surface area (Å²) in [4.78, 5) is 43.3. The van der Waals surface area contributed by atoms with E-state index < -0.39 is 5.97 Å². The van der Waals surface area contributed by atoms with Crippen molar-refractivity contribution in [2.24, 2.45) is 5.92 Å². The molecule has 0 fully saturated rings. The Morgan fingerprint density at radius 2 is 2.07 bits per heavy atom. The van der Waals surface area contributed by atoms with Gasteiger partial charge in [0.15, 0.2) is 0 Å². The number of methoxy groups -OCH3 is 1. The van der Waals surface area contributed by atoms with Gasteiger partial charge in [-0.25, -0.2) is 9.78 Å². The number of amides is 1. The lowest BCUT2D eigenvalue weighted by molar-refractivity contribution is -0.116. The van der Waals surface area contributed by atoms with Crippen molar-refractivity contribution < 1.29 is 14.3 Å². The van der Waals surface area contributed by atoms with Crippen LogP contribution in [0.1, 0.15) is 34.1 Å². The lowest BCUT2D eigenvalue weighted by Crippen LogP contribution is -2.28. The first-order valence-electron chi connectivity index (χ1n) is 9.44. The van der Waals surface area contributed by atoms with Crippen LogP contribution < -0.4 is 10.9 Å². The monoisotopic (exact) mass is 411 g/mol. The van der Waals surface area contributed by atoms with E-state index in [2.05, 4.69) is 22.0 Å². The van der Waals surface area contributed by atoms with Crippen LogP contribution in [0.5, 0.6) is 0 Å². The molecule has 8 heteroatoms. The second-order valence-electron chi connectivity index (χ2n) is 7.33. The van der Waals surface area contributed by atoms with Gasteiger partial charge in [-0.15, -0.1) is 11.3 Å². The third kappa shape index (κ3) is 3.80. The average Bonchev–Trinajstić information content (AvgIpc) is 3.08. The van der Waals surface area contributed by atoms with Gasteiger partial charge < -0.3 is 10.1 Å². The summed E-state index contributed by atoms with van der Waals surface area (Å²) in [7, 11) is 1.31. The van der Waals surface area contributed by atoms with E-state index in [1.54, 1.807) is 35.6 Å². The average molecular weight is 411 g/mol. The molecule has 2 heterocycles. The van der Waals surface area contributed by atoms with Crippen molar-refractivity contribution >= 4 is 39.1 Å². The fraction of sp³-hybridized carbons (Fsp3) is 0.333. The van der Waals surface area contributed by atoms with Crippen molar-refractivity contribution in [3.05, 3.63) is 57.0 Å². The molecule has 0 bridgehead atoms. The SMILES string of the molecule is COC(=O)c1ccc(NC(=O)Cn2cnc3sc4c(c3c2=O)CCC(C)C4)cc1. The summed E-state index contributed by atoms with van der Waals surface area (Å²) >= 11 is 1.59. The van der Waals surface area contributed by atoms with Crippen LogP contribution in [0.15, 0.2) is 35.4 Å². The predicted octanol–water partition coefficient (Wildman–Crippen LogP) is 3.01. The summed E-state index contributed by atoms with van der Waals surface area (Å²) in [6, 6.07) is 6.37. The number of nitrogens with one attached hydrogen (secondary N) is 1. The Bertz CT molecular complexity index is 1150. The normalized spacial score (nSPS) is 15.7. The van der Waals surface area contributed by atoms with Crippen molar-refractivity contribution in [1.29, 1.82) is 0 Å². The van der Waals surface area contributed by atoms with Crippen molar-refractivity contribution in [2.45, 2.75) is 32.7 Å². The van der Waals surface area contributed by atoms with Gasteiger partial charge >= 0.3 is 5.97 Å².